The largest absolute Gasteiger partial charge is 0.365 e. The fraction of sp³-hybridized carbons (Fsp3) is 0.273. The van der Waals surface area contributed by atoms with E-state index >= 15 is 0 Å². The fourth-order valence-electron chi connectivity index (χ4n) is 3.87. The average Bonchev–Trinajstić information content (AvgIpc) is 3.19. The number of amides is 1. The number of nitrogens with two attached hydrogens (primary N) is 1. The van der Waals surface area contributed by atoms with E-state index in [0.717, 1.165) is 0 Å². The van der Waals surface area contributed by atoms with E-state index in [0.29, 0.717) is 37.4 Å². The lowest BCUT2D eigenvalue weighted by Gasteiger charge is -2.35. The van der Waals surface area contributed by atoms with Crippen molar-refractivity contribution in [3.63, 3.8) is 0 Å². The second kappa shape index (κ2) is 9.11. The van der Waals surface area contributed by atoms with Crippen LogP contribution in [-0.4, -0.2) is 38.7 Å². The first-order valence-electron chi connectivity index (χ1n) is 10.1. The standard InChI is InChI=1S/C22H21F2N7O/c23-15-4-6-16(7-5-15)28-22-18(21(26)32)13-31(29-22)19-8-9-30(11-14(19)10-25)12-17-2-1-3-20(24)27-17/h1-7,13-14,19H,8-9,11-12H2,(H2,26,32)(H,28,29)/t14-,19-/m0/s1. The molecule has 3 N–H and O–H groups in total. The minimum Gasteiger partial charge on any atom is -0.365 e. The number of halogens is 2. The van der Waals surface area contributed by atoms with Crippen molar-refractivity contribution in [2.75, 3.05) is 18.4 Å². The Bertz CT molecular complexity index is 1160. The molecule has 3 aromatic rings. The first-order valence-corrected chi connectivity index (χ1v) is 10.1. The molecule has 0 aliphatic carbocycles. The molecule has 0 saturated carbocycles. The first kappa shape index (κ1) is 21.4. The van der Waals surface area contributed by atoms with Crippen molar-refractivity contribution < 1.29 is 13.6 Å². The Labute approximate surface area is 183 Å². The van der Waals surface area contributed by atoms with Crippen LogP contribution in [0, 0.1) is 29.0 Å². The topological polar surface area (TPSA) is 113 Å². The number of piperidine rings is 1. The maximum Gasteiger partial charge on any atom is 0.254 e. The van der Waals surface area contributed by atoms with Gasteiger partial charge in [-0.15, -0.1) is 0 Å². The van der Waals surface area contributed by atoms with E-state index in [4.69, 9.17) is 5.73 Å². The van der Waals surface area contributed by atoms with E-state index in [1.807, 2.05) is 4.90 Å². The van der Waals surface area contributed by atoms with Crippen LogP contribution in [0.25, 0.3) is 0 Å². The lowest BCUT2D eigenvalue weighted by atomic mass is 9.93. The molecule has 0 radical (unpaired) electrons. The highest BCUT2D eigenvalue weighted by atomic mass is 19.1. The molecule has 1 aliphatic heterocycles. The summed E-state index contributed by atoms with van der Waals surface area (Å²) in [5, 5.41) is 17.2. The molecule has 1 fully saturated rings. The van der Waals surface area contributed by atoms with Crippen molar-refractivity contribution in [2.45, 2.75) is 19.0 Å². The van der Waals surface area contributed by atoms with Gasteiger partial charge in [0.1, 0.15) is 11.4 Å². The number of hydrogen-bond acceptors (Lipinski definition) is 6. The maximum absolute atomic E-state index is 13.4. The zero-order chi connectivity index (χ0) is 22.7. The predicted octanol–water partition coefficient (Wildman–Crippen LogP) is 2.99. The van der Waals surface area contributed by atoms with E-state index in [-0.39, 0.29) is 23.2 Å². The van der Waals surface area contributed by atoms with Gasteiger partial charge in [-0.1, -0.05) is 6.07 Å². The van der Waals surface area contributed by atoms with Gasteiger partial charge < -0.3 is 11.1 Å². The van der Waals surface area contributed by atoms with Crippen LogP contribution in [0.4, 0.5) is 20.3 Å². The van der Waals surface area contributed by atoms with Gasteiger partial charge in [0.05, 0.1) is 23.7 Å². The molecule has 0 spiro atoms. The van der Waals surface area contributed by atoms with E-state index in [1.165, 1.54) is 36.5 Å². The van der Waals surface area contributed by atoms with E-state index in [2.05, 4.69) is 21.5 Å². The third kappa shape index (κ3) is 4.73. The van der Waals surface area contributed by atoms with Gasteiger partial charge in [-0.25, -0.2) is 9.37 Å². The van der Waals surface area contributed by atoms with Crippen molar-refractivity contribution in [3.05, 3.63) is 71.7 Å². The predicted molar refractivity (Wildman–Crippen MR) is 113 cm³/mol. The number of carbonyl (C=O) groups is 1. The van der Waals surface area contributed by atoms with E-state index in [1.54, 1.807) is 16.8 Å². The molecule has 1 saturated heterocycles. The lowest BCUT2D eigenvalue weighted by Crippen LogP contribution is -2.40. The maximum atomic E-state index is 13.4. The van der Waals surface area contributed by atoms with E-state index < -0.39 is 17.8 Å². The van der Waals surface area contributed by atoms with Crippen molar-refractivity contribution in [3.8, 4) is 6.07 Å². The number of benzene rings is 1. The summed E-state index contributed by atoms with van der Waals surface area (Å²) in [6, 6.07) is 12.3. The first-order chi connectivity index (χ1) is 15.4. The van der Waals surface area contributed by atoms with Gasteiger partial charge in [0.2, 0.25) is 5.95 Å². The van der Waals surface area contributed by atoms with Gasteiger partial charge in [-0.3, -0.25) is 14.4 Å². The van der Waals surface area contributed by atoms with Gasteiger partial charge in [-0.05, 0) is 42.8 Å². The van der Waals surface area contributed by atoms with Crippen molar-refractivity contribution in [2.24, 2.45) is 11.7 Å². The molecule has 0 unspecified atom stereocenters. The zero-order valence-electron chi connectivity index (χ0n) is 17.1. The minimum atomic E-state index is -0.663. The number of pyridine rings is 1. The Morgan fingerprint density at radius 3 is 2.72 bits per heavy atom. The molecule has 2 atom stereocenters. The van der Waals surface area contributed by atoms with Gasteiger partial charge in [0.25, 0.3) is 5.91 Å². The highest BCUT2D eigenvalue weighted by Crippen LogP contribution is 2.30. The second-order valence-corrected chi connectivity index (χ2v) is 7.65. The molecule has 0 bridgehead atoms. The molecule has 1 aliphatic rings. The average molecular weight is 437 g/mol. The second-order valence-electron chi connectivity index (χ2n) is 7.65. The molecular weight excluding hydrogens is 416 g/mol. The normalized spacial score (nSPS) is 18.8. The number of aromatic nitrogens is 3. The summed E-state index contributed by atoms with van der Waals surface area (Å²) < 4.78 is 28.1. The molecular formula is C22H21F2N7O. The number of hydrogen-bond donors (Lipinski definition) is 2. The minimum absolute atomic E-state index is 0.178. The Morgan fingerprint density at radius 2 is 2.03 bits per heavy atom. The quantitative estimate of drug-likeness (QED) is 0.574. The Hall–Kier alpha value is -3.84. The molecule has 4 rings (SSSR count). The number of primary amides is 1. The van der Waals surface area contributed by atoms with Crippen LogP contribution in [0.2, 0.25) is 0 Å². The number of likely N-dealkylation sites (tertiary alicyclic amines) is 1. The van der Waals surface area contributed by atoms with Gasteiger partial charge >= 0.3 is 0 Å². The highest BCUT2D eigenvalue weighted by molar-refractivity contribution is 5.98. The summed E-state index contributed by atoms with van der Waals surface area (Å²) in [5.41, 5.74) is 6.85. The van der Waals surface area contributed by atoms with Gasteiger partial charge in [-0.2, -0.15) is 14.8 Å². The number of anilines is 2. The molecule has 1 amide bonds. The SMILES string of the molecule is N#C[C@H]1CN(Cc2cccc(F)n2)CC[C@@H]1n1cc(C(N)=O)c(Nc2ccc(F)cc2)n1. The van der Waals surface area contributed by atoms with Crippen molar-refractivity contribution >= 4 is 17.4 Å². The van der Waals surface area contributed by atoms with Gasteiger partial charge in [0, 0.05) is 31.5 Å². The summed E-state index contributed by atoms with van der Waals surface area (Å²) in [4.78, 5) is 17.9. The van der Waals surface area contributed by atoms with Crippen LogP contribution in [0.5, 0.6) is 0 Å². The summed E-state index contributed by atoms with van der Waals surface area (Å²) in [6.07, 6.45) is 2.14. The van der Waals surface area contributed by atoms with Crippen LogP contribution in [0.3, 0.4) is 0 Å². The number of nitrogens with one attached hydrogen (secondary N) is 1. The Balaban J connectivity index is 1.52. The van der Waals surface area contributed by atoms with Crippen LogP contribution < -0.4 is 11.1 Å². The summed E-state index contributed by atoms with van der Waals surface area (Å²) in [5.74, 6) is -1.74. The molecule has 32 heavy (non-hydrogen) atoms. The van der Waals surface area contributed by atoms with Crippen LogP contribution in [0.15, 0.2) is 48.7 Å². The van der Waals surface area contributed by atoms with Crippen LogP contribution >= 0.6 is 0 Å². The highest BCUT2D eigenvalue weighted by Gasteiger charge is 2.32. The van der Waals surface area contributed by atoms with Crippen LogP contribution in [0.1, 0.15) is 28.5 Å². The smallest absolute Gasteiger partial charge is 0.254 e. The molecule has 1 aromatic carbocycles. The summed E-state index contributed by atoms with van der Waals surface area (Å²) >= 11 is 0. The number of nitrogens with zero attached hydrogens (tertiary/aromatic N) is 5. The Morgan fingerprint density at radius 1 is 1.25 bits per heavy atom. The third-order valence-electron chi connectivity index (χ3n) is 5.43. The molecule has 164 valence electrons. The van der Waals surface area contributed by atoms with Gasteiger partial charge in [0.15, 0.2) is 5.82 Å². The lowest BCUT2D eigenvalue weighted by molar-refractivity contribution is 0.100. The number of nitriles is 1. The van der Waals surface area contributed by atoms with E-state index in [9.17, 15) is 18.8 Å². The van der Waals surface area contributed by atoms with Crippen molar-refractivity contribution in [1.82, 2.24) is 19.7 Å². The molecule has 2 aromatic heterocycles. The van der Waals surface area contributed by atoms with Crippen LogP contribution in [-0.2, 0) is 6.54 Å². The van der Waals surface area contributed by atoms with Crippen molar-refractivity contribution in [1.29, 1.82) is 5.26 Å². The molecule has 3 heterocycles. The molecule has 10 heteroatoms. The monoisotopic (exact) mass is 437 g/mol. The Kier molecular flexibility index (Phi) is 6.09. The zero-order valence-corrected chi connectivity index (χ0v) is 17.1. The summed E-state index contributed by atoms with van der Waals surface area (Å²) in [7, 11) is 0. The number of carbonyl (C=O) groups excluding carboxylic acids is 1. The number of rotatable bonds is 6. The molecule has 8 nitrogen and oxygen atoms in total. The summed E-state index contributed by atoms with van der Waals surface area (Å²) in [6.45, 7) is 1.53. The third-order valence-corrected chi connectivity index (χ3v) is 5.43. The fourth-order valence-corrected chi connectivity index (χ4v) is 3.87.